The van der Waals surface area contributed by atoms with Gasteiger partial charge in [0.1, 0.15) is 19.0 Å². The summed E-state index contributed by atoms with van der Waals surface area (Å²) in [4.78, 5) is 202. The van der Waals surface area contributed by atoms with Gasteiger partial charge in [0, 0.05) is 106 Å². The van der Waals surface area contributed by atoms with Crippen LogP contribution in [0.1, 0.15) is 46.0 Å². The molecule has 0 radical (unpaired) electrons. The topological polar surface area (TPSA) is 452 Å². The molecule has 2 fully saturated rings. The molecule has 506 valence electrons. The number of Topliss-reactive ketones (excluding diaryl/α,β-unsaturated/α-hetero) is 2. The van der Waals surface area contributed by atoms with Crippen molar-refractivity contribution in [2.24, 2.45) is 5.92 Å². The van der Waals surface area contributed by atoms with Crippen molar-refractivity contribution in [2.45, 2.75) is 46.0 Å². The van der Waals surface area contributed by atoms with Crippen LogP contribution in [-0.2, 0) is 138 Å². The first-order valence-corrected chi connectivity index (χ1v) is 26.6. The van der Waals surface area contributed by atoms with Crippen LogP contribution in [0.25, 0.3) is 0 Å². The molecule has 2 N–H and O–H groups in total. The Kier molecular flexibility index (Phi) is 49.0. The summed E-state index contributed by atoms with van der Waals surface area (Å²) < 4.78 is 53.2. The van der Waals surface area contributed by atoms with Gasteiger partial charge in [-0.3, -0.25) is 33.6 Å². The third-order valence-electron chi connectivity index (χ3n) is 10.3. The second-order valence-electron chi connectivity index (χ2n) is 17.5. The molecule has 0 aromatic heterocycles. The second kappa shape index (κ2) is 52.6. The molecule has 35 heteroatoms. The first-order chi connectivity index (χ1) is 43.0. The minimum atomic E-state index is -0.888. The highest BCUT2D eigenvalue weighted by atomic mass is 16.6. The molecule has 35 nitrogen and oxygen atoms in total. The summed E-state index contributed by atoms with van der Waals surface area (Å²) in [6.45, 7) is 3.78. The van der Waals surface area contributed by atoms with Crippen molar-refractivity contribution < 1.29 is 143 Å². The molecule has 0 saturated carbocycles. The Balaban J connectivity index is -0.00000106. The van der Waals surface area contributed by atoms with Gasteiger partial charge in [-0.1, -0.05) is 6.92 Å². The average molecular weight is 1300 g/mol. The maximum absolute atomic E-state index is 11.6. The van der Waals surface area contributed by atoms with E-state index < -0.39 is 109 Å². The molecule has 2 saturated heterocycles. The third-order valence-corrected chi connectivity index (χ3v) is 10.3. The number of esters is 11. The van der Waals surface area contributed by atoms with Gasteiger partial charge in [-0.2, -0.15) is 0 Å². The Morgan fingerprint density at radius 3 is 1.16 bits per heavy atom. The first-order valence-electron chi connectivity index (χ1n) is 26.6. The van der Waals surface area contributed by atoms with Crippen LogP contribution in [0.15, 0.2) is 60.8 Å². The number of piperidine rings is 1. The number of rotatable bonds is 29. The first kappa shape index (κ1) is 84.7. The van der Waals surface area contributed by atoms with Crippen LogP contribution in [0.4, 0.5) is 4.79 Å². The number of imide groups is 1. The number of hydrogen-bond donors (Lipinski definition) is 2. The Labute approximate surface area is 522 Å². The Morgan fingerprint density at radius 2 is 0.824 bits per heavy atom. The van der Waals surface area contributed by atoms with Crippen molar-refractivity contribution >= 4 is 107 Å². The zero-order valence-corrected chi connectivity index (χ0v) is 52.0. The van der Waals surface area contributed by atoms with E-state index in [4.69, 9.17) is 4.74 Å². The number of amides is 5. The monoisotopic (exact) mass is 1300 g/mol. The summed E-state index contributed by atoms with van der Waals surface area (Å²) in [5.41, 5.74) is 0. The highest BCUT2D eigenvalue weighted by Crippen LogP contribution is 2.09. The molecule has 2 heterocycles. The third kappa shape index (κ3) is 50.2. The van der Waals surface area contributed by atoms with Gasteiger partial charge in [0.25, 0.3) is 23.6 Å². The molecule has 0 aliphatic carbocycles. The number of likely N-dealkylation sites (tertiary alicyclic amines) is 1. The fourth-order valence-electron chi connectivity index (χ4n) is 5.36. The Hall–Kier alpha value is -10.5. The van der Waals surface area contributed by atoms with Crippen LogP contribution in [0.5, 0.6) is 0 Å². The van der Waals surface area contributed by atoms with Crippen LogP contribution >= 0.6 is 0 Å². The van der Waals surface area contributed by atoms with Crippen LogP contribution in [0.2, 0.25) is 0 Å². The van der Waals surface area contributed by atoms with E-state index in [1.165, 1.54) is 35.4 Å². The summed E-state index contributed by atoms with van der Waals surface area (Å²) in [5.74, 6) is -10.6. The van der Waals surface area contributed by atoms with Gasteiger partial charge in [-0.25, -0.2) is 57.6 Å². The molecule has 5 amide bonds. The number of cyclic esters (lactones) is 1. The minimum Gasteiger partial charge on any atom is -0.469 e. The van der Waals surface area contributed by atoms with E-state index in [1.807, 2.05) is 19.0 Å². The van der Waals surface area contributed by atoms with E-state index in [0.29, 0.717) is 26.2 Å². The summed E-state index contributed by atoms with van der Waals surface area (Å²) in [6.07, 6.45) is 11.3. The number of ketones is 2. The average Bonchev–Trinajstić information content (AvgIpc) is 2.40. The molecule has 2 rings (SSSR count). The number of carbonyl (C=O) groups is 18. The molecule has 0 spiro atoms. The van der Waals surface area contributed by atoms with Crippen LogP contribution in [-0.4, -0.2) is 257 Å². The molecule has 0 bridgehead atoms. The molecule has 1 atom stereocenters. The van der Waals surface area contributed by atoms with E-state index in [9.17, 15) is 86.3 Å². The highest BCUT2D eigenvalue weighted by molar-refractivity contribution is 5.97. The summed E-state index contributed by atoms with van der Waals surface area (Å²) in [6, 6.07) is 0. The van der Waals surface area contributed by atoms with E-state index >= 15 is 0 Å². The zero-order chi connectivity index (χ0) is 69.7. The van der Waals surface area contributed by atoms with Gasteiger partial charge in [-0.05, 0) is 40.3 Å². The summed E-state index contributed by atoms with van der Waals surface area (Å²) in [7, 11) is 10.9. The zero-order valence-electron chi connectivity index (χ0n) is 52.0. The lowest BCUT2D eigenvalue weighted by atomic mass is 10.0. The predicted octanol–water partition coefficient (Wildman–Crippen LogP) is -2.17. The van der Waals surface area contributed by atoms with Crippen molar-refractivity contribution in [2.75, 3.05) is 136 Å². The second-order valence-corrected chi connectivity index (χ2v) is 17.5. The number of hydrogen-bond acceptors (Lipinski definition) is 31. The molecular formula is C56H77N5O30. The number of carbonyl (C=O) groups excluding carboxylic acids is 18. The van der Waals surface area contributed by atoms with E-state index in [1.54, 1.807) is 11.8 Å². The van der Waals surface area contributed by atoms with Crippen molar-refractivity contribution in [3.05, 3.63) is 60.8 Å². The van der Waals surface area contributed by atoms with Crippen LogP contribution in [0.3, 0.4) is 0 Å². The molecular weight excluding hydrogens is 1220 g/mol. The van der Waals surface area contributed by atoms with Gasteiger partial charge in [0.15, 0.2) is 32.2 Å². The summed E-state index contributed by atoms with van der Waals surface area (Å²) in [5, 5.41) is 4.92. The normalized spacial score (nSPS) is 12.4. The lowest BCUT2D eigenvalue weighted by Gasteiger charge is -2.26. The predicted molar refractivity (Wildman–Crippen MR) is 305 cm³/mol. The Morgan fingerprint density at radius 1 is 0.473 bits per heavy atom. The molecule has 1 unspecified atom stereocenters. The van der Waals surface area contributed by atoms with Gasteiger partial charge >= 0.3 is 71.8 Å². The SMILES string of the molecule is COC(=O)/C=C/C(=O)OCC(=O)CC(C)C(C)=O.COC(=O)/C=C/C(=O)OCC(=O)N1CCCCC1.COC(=O)/C=C/C(=O)OCC(=O)N1CCOC1=O.COC(=O)/C=C/C(=O)OCC(=O)NCCC(=O)OC.COC(=O)/C=C/C(=O)OCC(=O)NCCN(C)C. The summed E-state index contributed by atoms with van der Waals surface area (Å²) >= 11 is 0. The van der Waals surface area contributed by atoms with Gasteiger partial charge in [-0.15, -0.1) is 0 Å². The number of likely N-dealkylation sites (N-methyl/N-ethyl adjacent to an activating group) is 1. The molecule has 2 aliphatic rings. The standard InChI is InChI=1S/C12H17NO5.C12H16O6.C11H18N2O5.C11H15NO7.C10H11NO7/c1-17-11(15)5-6-12(16)18-9-10(14)13-7-3-2-4-8-13;1-8(9(2)13)6-10(14)7-18-12(16)5-4-11(15)17-3;1-13(2)7-6-12-9(14)8-18-11(16)5-4-10(15)17-3;1-17-9(14)3-4-11(16)19-7-8(13)12-6-5-10(15)18-2;1-16-8(13)2-3-9(14)18-6-7(12)11-4-5-17-10(11)15/h5-6H,2-4,7-9H2,1H3;4-5,8H,6-7H2,1-3H3;4-5H,6-8H2,1-3H3,(H,12,14);3-4H,5-7H2,1-2H3,(H,12,13);2-3H,4-6H2,1H3/b6-5+;2*5-4+;4-3+;3-2+. The lowest BCUT2D eigenvalue weighted by Crippen LogP contribution is -2.38. The van der Waals surface area contributed by atoms with Gasteiger partial charge in [0.2, 0.25) is 0 Å². The fourth-order valence-corrected chi connectivity index (χ4v) is 5.36. The maximum atomic E-state index is 11.6. The fraction of sp³-hybridized carbons (Fsp3) is 0.500. The molecule has 91 heavy (non-hydrogen) atoms. The van der Waals surface area contributed by atoms with Gasteiger partial charge < -0.3 is 77.3 Å². The largest absolute Gasteiger partial charge is 0.469 e. The van der Waals surface area contributed by atoms with E-state index in [2.05, 4.69) is 62.7 Å². The smallest absolute Gasteiger partial charge is 0.416 e. The quantitative estimate of drug-likeness (QED) is 0.0457. The Bertz CT molecular complexity index is 2630. The van der Waals surface area contributed by atoms with Crippen molar-refractivity contribution in [1.29, 1.82) is 0 Å². The van der Waals surface area contributed by atoms with E-state index in [-0.39, 0.29) is 69.1 Å². The van der Waals surface area contributed by atoms with Crippen molar-refractivity contribution in [3.63, 3.8) is 0 Å². The molecule has 0 aromatic carbocycles. The van der Waals surface area contributed by atoms with Crippen molar-refractivity contribution in [1.82, 2.24) is 25.3 Å². The minimum absolute atomic E-state index is 0.0262. The number of ether oxygens (including phenoxy) is 12. The van der Waals surface area contributed by atoms with Gasteiger partial charge in [0.05, 0.1) is 55.6 Å². The lowest BCUT2D eigenvalue weighted by molar-refractivity contribution is -0.148. The maximum Gasteiger partial charge on any atom is 0.416 e. The number of nitrogens with one attached hydrogen (secondary N) is 2. The molecule has 2 aliphatic heterocycles. The highest BCUT2D eigenvalue weighted by Gasteiger charge is 2.29. The number of nitrogens with zero attached hydrogens (tertiary/aromatic N) is 3. The number of methoxy groups -OCH3 is 6. The molecule has 0 aromatic rings. The van der Waals surface area contributed by atoms with E-state index in [0.717, 1.165) is 99.1 Å². The van der Waals surface area contributed by atoms with Crippen LogP contribution < -0.4 is 10.6 Å². The van der Waals surface area contributed by atoms with Crippen LogP contribution in [0, 0.1) is 5.92 Å². The van der Waals surface area contributed by atoms with Crippen molar-refractivity contribution in [3.8, 4) is 0 Å².